The zero-order valence-electron chi connectivity index (χ0n) is 12.5. The molecule has 0 unspecified atom stereocenters. The number of anilines is 1. The molecule has 0 saturated heterocycles. The quantitative estimate of drug-likeness (QED) is 0.746. The van der Waals surface area contributed by atoms with Crippen molar-refractivity contribution in [3.63, 3.8) is 0 Å². The van der Waals surface area contributed by atoms with Crippen LogP contribution in [0.1, 0.15) is 13.8 Å². The summed E-state index contributed by atoms with van der Waals surface area (Å²) in [6.45, 7) is 5.16. The maximum absolute atomic E-state index is 11.6. The Morgan fingerprint density at radius 3 is 2.70 bits per heavy atom. The lowest BCUT2D eigenvalue weighted by atomic mass is 10.2. The van der Waals surface area contributed by atoms with Crippen molar-refractivity contribution >= 4 is 17.5 Å². The summed E-state index contributed by atoms with van der Waals surface area (Å²) in [5.74, 6) is -0.524. The molecule has 0 saturated carbocycles. The average Bonchev–Trinajstić information content (AvgIpc) is 2.80. The summed E-state index contributed by atoms with van der Waals surface area (Å²) >= 11 is 0. The maximum Gasteiger partial charge on any atom is 0.243 e. The molecule has 20 heavy (non-hydrogen) atoms. The van der Waals surface area contributed by atoms with Gasteiger partial charge in [0.25, 0.3) is 0 Å². The van der Waals surface area contributed by atoms with E-state index in [4.69, 9.17) is 0 Å². The summed E-state index contributed by atoms with van der Waals surface area (Å²) < 4.78 is 1.77. The normalized spacial score (nSPS) is 10.9. The molecule has 1 aromatic rings. The molecule has 0 radical (unpaired) electrons. The average molecular weight is 281 g/mol. The Hall–Kier alpha value is -1.89. The molecule has 0 aromatic carbocycles. The Labute approximate surface area is 119 Å². The minimum Gasteiger partial charge on any atom is -0.347 e. The molecule has 0 aliphatic heterocycles. The number of hydrogen-bond acceptors (Lipinski definition) is 4. The third-order valence-electron chi connectivity index (χ3n) is 2.64. The van der Waals surface area contributed by atoms with Gasteiger partial charge in [-0.1, -0.05) is 13.8 Å². The maximum atomic E-state index is 11.6. The second-order valence-corrected chi connectivity index (χ2v) is 5.22. The minimum atomic E-state index is -0.258. The Morgan fingerprint density at radius 1 is 1.40 bits per heavy atom. The van der Waals surface area contributed by atoms with Crippen molar-refractivity contribution in [2.24, 2.45) is 5.92 Å². The number of carbonyl (C=O) groups excluding carboxylic acids is 2. The molecule has 0 spiro atoms. The second-order valence-electron chi connectivity index (χ2n) is 5.22. The molecule has 0 atom stereocenters. The summed E-state index contributed by atoms with van der Waals surface area (Å²) in [7, 11) is 3.98. The van der Waals surface area contributed by atoms with E-state index in [-0.39, 0.29) is 24.3 Å². The number of rotatable bonds is 7. The number of amides is 2. The van der Waals surface area contributed by atoms with Crippen molar-refractivity contribution in [3.8, 4) is 0 Å². The highest BCUT2D eigenvalue weighted by molar-refractivity contribution is 5.94. The molecule has 1 aromatic heterocycles. The van der Waals surface area contributed by atoms with Crippen LogP contribution < -0.4 is 10.6 Å². The van der Waals surface area contributed by atoms with Crippen LogP contribution in [0.3, 0.4) is 0 Å². The number of aromatic nitrogens is 2. The van der Waals surface area contributed by atoms with Crippen LogP contribution in [-0.2, 0) is 16.1 Å². The van der Waals surface area contributed by atoms with Gasteiger partial charge in [0.15, 0.2) is 0 Å². The van der Waals surface area contributed by atoms with E-state index in [0.717, 1.165) is 13.1 Å². The zero-order valence-corrected chi connectivity index (χ0v) is 12.5. The smallest absolute Gasteiger partial charge is 0.243 e. The van der Waals surface area contributed by atoms with E-state index in [0.29, 0.717) is 5.69 Å². The van der Waals surface area contributed by atoms with Crippen molar-refractivity contribution in [3.05, 3.63) is 12.4 Å². The number of nitrogens with one attached hydrogen (secondary N) is 2. The second kappa shape index (κ2) is 7.64. The summed E-state index contributed by atoms with van der Waals surface area (Å²) in [6.07, 6.45) is 3.36. The Kier molecular flexibility index (Phi) is 6.17. The molecule has 0 aliphatic carbocycles. The first kappa shape index (κ1) is 16.2. The summed E-state index contributed by atoms with van der Waals surface area (Å²) in [4.78, 5) is 25.0. The predicted molar refractivity (Wildman–Crippen MR) is 77.3 cm³/mol. The fourth-order valence-electron chi connectivity index (χ4n) is 1.43. The van der Waals surface area contributed by atoms with Gasteiger partial charge >= 0.3 is 0 Å². The van der Waals surface area contributed by atoms with Gasteiger partial charge in [-0.2, -0.15) is 5.10 Å². The number of hydrogen-bond donors (Lipinski definition) is 2. The summed E-state index contributed by atoms with van der Waals surface area (Å²) in [5, 5.41) is 9.41. The fourth-order valence-corrected chi connectivity index (χ4v) is 1.43. The van der Waals surface area contributed by atoms with E-state index in [9.17, 15) is 9.59 Å². The van der Waals surface area contributed by atoms with Crippen molar-refractivity contribution in [2.45, 2.75) is 20.4 Å². The van der Waals surface area contributed by atoms with Gasteiger partial charge in [-0.3, -0.25) is 14.3 Å². The molecular weight excluding hydrogens is 258 g/mol. The highest BCUT2D eigenvalue weighted by Crippen LogP contribution is 2.04. The third kappa shape index (κ3) is 5.83. The Bertz CT molecular complexity index is 453. The van der Waals surface area contributed by atoms with E-state index >= 15 is 0 Å². The van der Waals surface area contributed by atoms with Crippen LogP contribution >= 0.6 is 0 Å². The van der Waals surface area contributed by atoms with Crippen LogP contribution in [0.2, 0.25) is 0 Å². The van der Waals surface area contributed by atoms with Crippen molar-refractivity contribution in [1.82, 2.24) is 20.0 Å². The van der Waals surface area contributed by atoms with E-state index in [2.05, 4.69) is 20.6 Å². The largest absolute Gasteiger partial charge is 0.347 e. The number of carbonyl (C=O) groups is 2. The van der Waals surface area contributed by atoms with Crippen LogP contribution in [0.15, 0.2) is 12.4 Å². The van der Waals surface area contributed by atoms with Crippen molar-refractivity contribution < 1.29 is 9.59 Å². The van der Waals surface area contributed by atoms with Gasteiger partial charge in [-0.25, -0.2) is 0 Å². The molecule has 112 valence electrons. The van der Waals surface area contributed by atoms with Crippen molar-refractivity contribution in [2.75, 3.05) is 32.5 Å². The Morgan fingerprint density at radius 2 is 2.10 bits per heavy atom. The third-order valence-corrected chi connectivity index (χ3v) is 2.64. The van der Waals surface area contributed by atoms with Gasteiger partial charge in [0.2, 0.25) is 11.8 Å². The van der Waals surface area contributed by atoms with Gasteiger partial charge in [0.1, 0.15) is 0 Å². The fraction of sp³-hybridized carbons (Fsp3) is 0.615. The first-order valence-corrected chi connectivity index (χ1v) is 6.63. The van der Waals surface area contributed by atoms with Gasteiger partial charge in [0.05, 0.1) is 25.0 Å². The molecule has 2 amide bonds. The lowest BCUT2D eigenvalue weighted by molar-refractivity contribution is -0.126. The van der Waals surface area contributed by atoms with E-state index < -0.39 is 0 Å². The molecule has 0 fully saturated rings. The molecule has 0 aliphatic rings. The lowest BCUT2D eigenvalue weighted by Gasteiger charge is -2.08. The first-order valence-electron chi connectivity index (χ1n) is 6.63. The first-order chi connectivity index (χ1) is 9.38. The van der Waals surface area contributed by atoms with Gasteiger partial charge < -0.3 is 15.5 Å². The molecule has 2 N–H and O–H groups in total. The van der Waals surface area contributed by atoms with Gasteiger partial charge in [-0.05, 0) is 14.1 Å². The molecule has 7 heteroatoms. The van der Waals surface area contributed by atoms with Crippen molar-refractivity contribution in [1.29, 1.82) is 0 Å². The lowest BCUT2D eigenvalue weighted by Crippen LogP contribution is -2.35. The Balaban J connectivity index is 2.37. The standard InChI is InChI=1S/C13H23N5O2/c1-10(2)13(20)14-8-12(19)16-11-7-15-18(9-11)6-5-17(3)4/h7,9-10H,5-6,8H2,1-4H3,(H,14,20)(H,16,19). The molecular formula is C13H23N5O2. The van der Waals surface area contributed by atoms with Crippen LogP contribution in [0.5, 0.6) is 0 Å². The van der Waals surface area contributed by atoms with Crippen LogP contribution in [0.25, 0.3) is 0 Å². The minimum absolute atomic E-state index is 0.0279. The summed E-state index contributed by atoms with van der Waals surface area (Å²) in [5.41, 5.74) is 0.632. The van der Waals surface area contributed by atoms with E-state index in [1.807, 2.05) is 14.1 Å². The molecule has 1 rings (SSSR count). The number of nitrogens with zero attached hydrogens (tertiary/aromatic N) is 3. The monoisotopic (exact) mass is 281 g/mol. The number of likely N-dealkylation sites (N-methyl/N-ethyl adjacent to an activating group) is 1. The predicted octanol–water partition coefficient (Wildman–Crippen LogP) is 0.155. The van der Waals surface area contributed by atoms with Crippen LogP contribution in [-0.4, -0.2) is 53.7 Å². The van der Waals surface area contributed by atoms with Gasteiger partial charge in [-0.15, -0.1) is 0 Å². The topological polar surface area (TPSA) is 79.3 Å². The van der Waals surface area contributed by atoms with E-state index in [1.165, 1.54) is 0 Å². The van der Waals surface area contributed by atoms with Gasteiger partial charge in [0, 0.05) is 18.7 Å². The summed E-state index contributed by atoms with van der Waals surface area (Å²) in [6, 6.07) is 0. The SMILES string of the molecule is CC(C)C(=O)NCC(=O)Nc1cnn(CCN(C)C)c1. The highest BCUT2D eigenvalue weighted by atomic mass is 16.2. The molecule has 1 heterocycles. The molecule has 0 bridgehead atoms. The van der Waals surface area contributed by atoms with E-state index in [1.54, 1.807) is 30.9 Å². The highest BCUT2D eigenvalue weighted by Gasteiger charge is 2.09. The zero-order chi connectivity index (χ0) is 15.1. The van der Waals surface area contributed by atoms with Crippen LogP contribution in [0, 0.1) is 5.92 Å². The molecule has 7 nitrogen and oxygen atoms in total. The van der Waals surface area contributed by atoms with Crippen LogP contribution in [0.4, 0.5) is 5.69 Å².